The van der Waals surface area contributed by atoms with E-state index in [2.05, 4.69) is 6.92 Å². The highest BCUT2D eigenvalue weighted by atomic mass is 32.2. The molecular formula is C21H28O3S. The van der Waals surface area contributed by atoms with Gasteiger partial charge in [0.15, 0.2) is 9.84 Å². The van der Waals surface area contributed by atoms with Gasteiger partial charge >= 0.3 is 0 Å². The van der Waals surface area contributed by atoms with Crippen molar-refractivity contribution in [3.8, 4) is 16.9 Å². The molecule has 2 aromatic rings. The molecule has 0 aromatic heterocycles. The van der Waals surface area contributed by atoms with Crippen molar-refractivity contribution in [3.63, 3.8) is 0 Å². The molecule has 136 valence electrons. The highest BCUT2D eigenvalue weighted by molar-refractivity contribution is 7.92. The van der Waals surface area contributed by atoms with Gasteiger partial charge in [0.1, 0.15) is 5.75 Å². The Bertz CT molecular complexity index is 771. The van der Waals surface area contributed by atoms with Crippen LogP contribution >= 0.6 is 0 Å². The van der Waals surface area contributed by atoms with Gasteiger partial charge in [-0.15, -0.1) is 0 Å². The number of benzene rings is 2. The van der Waals surface area contributed by atoms with Gasteiger partial charge in [0, 0.05) is 0 Å². The summed E-state index contributed by atoms with van der Waals surface area (Å²) in [4.78, 5) is 0.394. The average Bonchev–Trinajstić information content (AvgIpc) is 2.66. The maximum atomic E-state index is 12.9. The third-order valence-corrected chi connectivity index (χ3v) is 7.74. The minimum atomic E-state index is -3.34. The van der Waals surface area contributed by atoms with Gasteiger partial charge in [-0.25, -0.2) is 8.42 Å². The van der Waals surface area contributed by atoms with Crippen LogP contribution in [-0.2, 0) is 9.84 Å². The van der Waals surface area contributed by atoms with Crippen molar-refractivity contribution in [2.45, 2.75) is 56.6 Å². The molecule has 0 bridgehead atoms. The summed E-state index contributed by atoms with van der Waals surface area (Å²) in [6.45, 7) is 8.46. The van der Waals surface area contributed by atoms with Gasteiger partial charge in [-0.05, 0) is 61.6 Å². The molecule has 0 amide bonds. The molecule has 0 spiro atoms. The number of hydrogen-bond acceptors (Lipinski definition) is 3. The van der Waals surface area contributed by atoms with E-state index in [1.807, 2.05) is 57.2 Å². The lowest BCUT2D eigenvalue weighted by Gasteiger charge is -2.26. The van der Waals surface area contributed by atoms with Gasteiger partial charge in [0.05, 0.1) is 16.2 Å². The maximum Gasteiger partial charge on any atom is 0.183 e. The van der Waals surface area contributed by atoms with Gasteiger partial charge in [0.2, 0.25) is 0 Å². The molecule has 0 heterocycles. The van der Waals surface area contributed by atoms with Gasteiger partial charge in [-0.2, -0.15) is 0 Å². The molecule has 0 atom stereocenters. The molecule has 2 rings (SSSR count). The van der Waals surface area contributed by atoms with Crippen molar-refractivity contribution < 1.29 is 13.2 Å². The molecule has 0 aliphatic rings. The molecule has 0 unspecified atom stereocenters. The first-order chi connectivity index (χ1) is 11.9. The molecule has 0 aliphatic carbocycles. The van der Waals surface area contributed by atoms with Crippen LogP contribution in [0, 0.1) is 0 Å². The molecule has 4 heteroatoms. The van der Waals surface area contributed by atoms with Crippen LogP contribution in [0.5, 0.6) is 5.75 Å². The van der Waals surface area contributed by atoms with E-state index in [-0.39, 0.29) is 0 Å². The minimum absolute atomic E-state index is 0.394. The van der Waals surface area contributed by atoms with E-state index in [1.54, 1.807) is 12.1 Å². The van der Waals surface area contributed by atoms with Crippen molar-refractivity contribution in [1.29, 1.82) is 0 Å². The quantitative estimate of drug-likeness (QED) is 0.625. The lowest BCUT2D eigenvalue weighted by Crippen LogP contribution is -2.33. The standard InChI is InChI=1S/C21H28O3S/c1-5-16-24-19-12-8-17(9-13-19)18-10-14-20(15-11-18)25(22,23)21(4,6-2)7-3/h8-15H,5-7,16H2,1-4H3. The molecule has 0 fully saturated rings. The van der Waals surface area contributed by atoms with E-state index in [0.717, 1.165) is 23.3 Å². The molecule has 25 heavy (non-hydrogen) atoms. The predicted octanol–water partition coefficient (Wildman–Crippen LogP) is 5.49. The van der Waals surface area contributed by atoms with Crippen LogP contribution in [0.3, 0.4) is 0 Å². The fourth-order valence-corrected chi connectivity index (χ4v) is 4.53. The van der Waals surface area contributed by atoms with Gasteiger partial charge in [0.25, 0.3) is 0 Å². The van der Waals surface area contributed by atoms with E-state index >= 15 is 0 Å². The molecular weight excluding hydrogens is 332 g/mol. The second kappa shape index (κ2) is 8.05. The predicted molar refractivity (Wildman–Crippen MR) is 104 cm³/mol. The van der Waals surface area contributed by atoms with Crippen LogP contribution in [0.25, 0.3) is 11.1 Å². The Hall–Kier alpha value is -1.81. The molecule has 3 nitrogen and oxygen atoms in total. The normalized spacial score (nSPS) is 12.2. The Morgan fingerprint density at radius 3 is 1.76 bits per heavy atom. The first kappa shape index (κ1) is 19.5. The third kappa shape index (κ3) is 4.06. The molecule has 0 radical (unpaired) electrons. The summed E-state index contributed by atoms with van der Waals surface area (Å²) in [5, 5.41) is 0. The first-order valence-electron chi connectivity index (χ1n) is 8.96. The number of sulfone groups is 1. The topological polar surface area (TPSA) is 43.4 Å². The summed E-state index contributed by atoms with van der Waals surface area (Å²) >= 11 is 0. The summed E-state index contributed by atoms with van der Waals surface area (Å²) in [5.41, 5.74) is 2.04. The van der Waals surface area contributed by atoms with Crippen molar-refractivity contribution in [2.24, 2.45) is 0 Å². The van der Waals surface area contributed by atoms with Crippen molar-refractivity contribution in [3.05, 3.63) is 48.5 Å². The average molecular weight is 361 g/mol. The third-order valence-electron chi connectivity index (χ3n) is 4.97. The number of hydrogen-bond donors (Lipinski definition) is 0. The zero-order chi connectivity index (χ0) is 18.5. The second-order valence-corrected chi connectivity index (χ2v) is 9.02. The first-order valence-corrected chi connectivity index (χ1v) is 10.4. The summed E-state index contributed by atoms with van der Waals surface area (Å²) in [6, 6.07) is 15.1. The molecule has 0 N–H and O–H groups in total. The van der Waals surface area contributed by atoms with Crippen molar-refractivity contribution >= 4 is 9.84 Å². The Morgan fingerprint density at radius 2 is 1.32 bits per heavy atom. The Kier molecular flexibility index (Phi) is 6.28. The maximum absolute atomic E-state index is 12.9. The van der Waals surface area contributed by atoms with Crippen molar-refractivity contribution in [1.82, 2.24) is 0 Å². The van der Waals surface area contributed by atoms with Gasteiger partial charge in [-0.3, -0.25) is 0 Å². The van der Waals surface area contributed by atoms with Gasteiger partial charge < -0.3 is 4.74 Å². The zero-order valence-corrected chi connectivity index (χ0v) is 16.4. The van der Waals surface area contributed by atoms with Gasteiger partial charge in [-0.1, -0.05) is 45.0 Å². The van der Waals surface area contributed by atoms with Crippen LogP contribution in [-0.4, -0.2) is 19.8 Å². The van der Waals surface area contributed by atoms with E-state index in [9.17, 15) is 8.42 Å². The lowest BCUT2D eigenvalue weighted by molar-refractivity contribution is 0.317. The van der Waals surface area contributed by atoms with Crippen LogP contribution in [0.1, 0.15) is 47.0 Å². The number of ether oxygens (including phenoxy) is 1. The van der Waals surface area contributed by atoms with Crippen LogP contribution in [0.4, 0.5) is 0 Å². The number of rotatable bonds is 8. The summed E-state index contributed by atoms with van der Waals surface area (Å²) in [6.07, 6.45) is 2.19. The Morgan fingerprint density at radius 1 is 0.840 bits per heavy atom. The monoisotopic (exact) mass is 360 g/mol. The van der Waals surface area contributed by atoms with Crippen LogP contribution in [0.2, 0.25) is 0 Å². The van der Waals surface area contributed by atoms with E-state index in [1.165, 1.54) is 0 Å². The molecule has 0 saturated heterocycles. The summed E-state index contributed by atoms with van der Waals surface area (Å²) in [7, 11) is -3.34. The highest BCUT2D eigenvalue weighted by Gasteiger charge is 2.36. The van der Waals surface area contributed by atoms with Crippen LogP contribution < -0.4 is 4.74 Å². The minimum Gasteiger partial charge on any atom is -0.494 e. The smallest absolute Gasteiger partial charge is 0.183 e. The summed E-state index contributed by atoms with van der Waals surface area (Å²) in [5.74, 6) is 0.853. The second-order valence-electron chi connectivity index (χ2n) is 6.56. The van der Waals surface area contributed by atoms with Crippen molar-refractivity contribution in [2.75, 3.05) is 6.61 Å². The molecule has 0 aliphatic heterocycles. The Labute approximate surface area is 152 Å². The molecule has 2 aromatic carbocycles. The fraction of sp³-hybridized carbons (Fsp3) is 0.429. The van der Waals surface area contributed by atoms with Crippen LogP contribution in [0.15, 0.2) is 53.4 Å². The summed E-state index contributed by atoms with van der Waals surface area (Å²) < 4.78 is 30.7. The SMILES string of the molecule is CCCOc1ccc(-c2ccc(S(=O)(=O)C(C)(CC)CC)cc2)cc1. The fourth-order valence-electron chi connectivity index (χ4n) is 2.70. The largest absolute Gasteiger partial charge is 0.494 e. The highest BCUT2D eigenvalue weighted by Crippen LogP contribution is 2.32. The zero-order valence-electron chi connectivity index (χ0n) is 15.6. The molecule has 0 saturated carbocycles. The van der Waals surface area contributed by atoms with E-state index in [4.69, 9.17) is 4.74 Å². The Balaban J connectivity index is 2.25. The van der Waals surface area contributed by atoms with E-state index in [0.29, 0.717) is 24.3 Å². The van der Waals surface area contributed by atoms with E-state index < -0.39 is 14.6 Å². The lowest BCUT2D eigenvalue weighted by atomic mass is 10.1.